The summed E-state index contributed by atoms with van der Waals surface area (Å²) in [6.45, 7) is 9.67. The van der Waals surface area contributed by atoms with Gasteiger partial charge in [-0.1, -0.05) is 45.9 Å². The van der Waals surface area contributed by atoms with Crippen LogP contribution in [0.1, 0.15) is 39.2 Å². The third-order valence-corrected chi connectivity index (χ3v) is 2.97. The average Bonchev–Trinajstić information content (AvgIpc) is 2.28. The zero-order chi connectivity index (χ0) is 12.8. The number of benzene rings is 1. The van der Waals surface area contributed by atoms with Crippen molar-refractivity contribution in [3.8, 4) is 5.75 Å². The number of hydrogen-bond donors (Lipinski definition) is 1. The van der Waals surface area contributed by atoms with E-state index in [4.69, 9.17) is 4.74 Å². The van der Waals surface area contributed by atoms with Gasteiger partial charge >= 0.3 is 0 Å². The van der Waals surface area contributed by atoms with Crippen LogP contribution in [0.3, 0.4) is 0 Å². The molecule has 96 valence electrons. The van der Waals surface area contributed by atoms with E-state index < -0.39 is 0 Å². The normalized spacial score (nSPS) is 13.1. The predicted molar refractivity (Wildman–Crippen MR) is 73.7 cm³/mol. The maximum atomic E-state index is 6.15. The minimum absolute atomic E-state index is 0.222. The molecule has 0 aliphatic heterocycles. The van der Waals surface area contributed by atoms with E-state index in [9.17, 15) is 0 Å². The molecule has 17 heavy (non-hydrogen) atoms. The van der Waals surface area contributed by atoms with Crippen molar-refractivity contribution in [2.24, 2.45) is 5.92 Å². The first kappa shape index (κ1) is 14.0. The molecule has 0 bridgehead atoms. The second kappa shape index (κ2) is 6.65. The number of nitrogens with one attached hydrogen (secondary N) is 1. The quantitative estimate of drug-likeness (QED) is 0.815. The molecule has 0 aliphatic rings. The summed E-state index contributed by atoms with van der Waals surface area (Å²) < 4.78 is 6.15. The van der Waals surface area contributed by atoms with Gasteiger partial charge in [-0.3, -0.25) is 0 Å². The van der Waals surface area contributed by atoms with Crippen LogP contribution >= 0.6 is 0 Å². The van der Waals surface area contributed by atoms with Gasteiger partial charge in [0.25, 0.3) is 0 Å². The predicted octanol–water partition coefficient (Wildman–Crippen LogP) is 3.43. The molecular formula is C15H25NO. The highest BCUT2D eigenvalue weighted by Gasteiger charge is 2.16. The molecule has 2 nitrogen and oxygen atoms in total. The lowest BCUT2D eigenvalue weighted by Gasteiger charge is -2.24. The Balaban J connectivity index is 2.85. The summed E-state index contributed by atoms with van der Waals surface area (Å²) >= 11 is 0. The monoisotopic (exact) mass is 235 g/mol. The van der Waals surface area contributed by atoms with Crippen molar-refractivity contribution in [1.29, 1.82) is 0 Å². The summed E-state index contributed by atoms with van der Waals surface area (Å²) in [6, 6.07) is 8.33. The average molecular weight is 235 g/mol. The Hall–Kier alpha value is -1.02. The van der Waals surface area contributed by atoms with E-state index >= 15 is 0 Å². The van der Waals surface area contributed by atoms with Gasteiger partial charge in [0.15, 0.2) is 0 Å². The Morgan fingerprint density at radius 1 is 1.12 bits per heavy atom. The van der Waals surface area contributed by atoms with Crippen LogP contribution in [0.5, 0.6) is 5.75 Å². The molecule has 0 amide bonds. The molecule has 1 N–H and O–H groups in total. The molecule has 0 heterocycles. The van der Waals surface area contributed by atoms with E-state index in [1.54, 1.807) is 0 Å². The maximum absolute atomic E-state index is 6.15. The van der Waals surface area contributed by atoms with Crippen molar-refractivity contribution in [3.05, 3.63) is 29.8 Å². The Bertz CT molecular complexity index is 333. The summed E-state index contributed by atoms with van der Waals surface area (Å²) in [6.07, 6.45) is 0.222. The van der Waals surface area contributed by atoms with E-state index in [-0.39, 0.29) is 6.10 Å². The largest absolute Gasteiger partial charge is 0.489 e. The minimum atomic E-state index is 0.222. The SMILES string of the molecule is CNCC(Oc1ccccc1C(C)C)C(C)C. The highest BCUT2D eigenvalue weighted by molar-refractivity contribution is 5.35. The lowest BCUT2D eigenvalue weighted by atomic mass is 10.0. The lowest BCUT2D eigenvalue weighted by molar-refractivity contribution is 0.149. The Kier molecular flexibility index (Phi) is 5.49. The van der Waals surface area contributed by atoms with E-state index in [1.165, 1.54) is 5.56 Å². The van der Waals surface area contributed by atoms with Crippen LogP contribution in [-0.4, -0.2) is 19.7 Å². The molecule has 1 rings (SSSR count). The van der Waals surface area contributed by atoms with E-state index in [1.807, 2.05) is 13.1 Å². The minimum Gasteiger partial charge on any atom is -0.489 e. The van der Waals surface area contributed by atoms with Crippen LogP contribution in [0.2, 0.25) is 0 Å². The molecule has 1 aromatic rings. The van der Waals surface area contributed by atoms with Crippen molar-refractivity contribution in [2.75, 3.05) is 13.6 Å². The van der Waals surface area contributed by atoms with Gasteiger partial charge in [-0.15, -0.1) is 0 Å². The second-order valence-electron chi connectivity index (χ2n) is 5.15. The molecule has 0 saturated heterocycles. The third-order valence-electron chi connectivity index (χ3n) is 2.97. The molecular weight excluding hydrogens is 210 g/mol. The van der Waals surface area contributed by atoms with Gasteiger partial charge in [0.2, 0.25) is 0 Å². The van der Waals surface area contributed by atoms with Gasteiger partial charge < -0.3 is 10.1 Å². The van der Waals surface area contributed by atoms with Gasteiger partial charge in [0, 0.05) is 6.54 Å². The summed E-state index contributed by atoms with van der Waals surface area (Å²) in [5.41, 5.74) is 1.29. The zero-order valence-corrected chi connectivity index (χ0v) is 11.7. The Morgan fingerprint density at radius 3 is 2.29 bits per heavy atom. The third kappa shape index (κ3) is 4.04. The topological polar surface area (TPSA) is 21.3 Å². The van der Waals surface area contributed by atoms with Crippen LogP contribution in [-0.2, 0) is 0 Å². The molecule has 1 atom stereocenters. The van der Waals surface area contributed by atoms with E-state index in [0.717, 1.165) is 12.3 Å². The van der Waals surface area contributed by atoms with Crippen LogP contribution in [0.25, 0.3) is 0 Å². The highest BCUT2D eigenvalue weighted by atomic mass is 16.5. The summed E-state index contributed by atoms with van der Waals surface area (Å²) in [5.74, 6) is 2.02. The van der Waals surface area contributed by atoms with Crippen molar-refractivity contribution in [2.45, 2.75) is 39.7 Å². The fraction of sp³-hybridized carbons (Fsp3) is 0.600. The fourth-order valence-electron chi connectivity index (χ4n) is 1.84. The van der Waals surface area contributed by atoms with E-state index in [0.29, 0.717) is 11.8 Å². The number of likely N-dealkylation sites (N-methyl/N-ethyl adjacent to an activating group) is 1. The highest BCUT2D eigenvalue weighted by Crippen LogP contribution is 2.27. The van der Waals surface area contributed by atoms with Crippen molar-refractivity contribution in [3.63, 3.8) is 0 Å². The molecule has 0 saturated carbocycles. The molecule has 1 unspecified atom stereocenters. The van der Waals surface area contributed by atoms with Gasteiger partial charge in [-0.2, -0.15) is 0 Å². The summed E-state index contributed by atoms with van der Waals surface area (Å²) in [4.78, 5) is 0. The molecule has 0 fully saturated rings. The van der Waals surface area contributed by atoms with Crippen LogP contribution in [0.15, 0.2) is 24.3 Å². The Morgan fingerprint density at radius 2 is 1.76 bits per heavy atom. The lowest BCUT2D eigenvalue weighted by Crippen LogP contribution is -2.34. The molecule has 1 aromatic carbocycles. The van der Waals surface area contributed by atoms with Gasteiger partial charge in [0.1, 0.15) is 11.9 Å². The first-order valence-corrected chi connectivity index (χ1v) is 6.46. The molecule has 0 radical (unpaired) electrons. The standard InChI is InChI=1S/C15H25NO/c1-11(2)13-8-6-7-9-14(13)17-15(10-16-5)12(3)4/h6-9,11-12,15-16H,10H2,1-5H3. The maximum Gasteiger partial charge on any atom is 0.123 e. The van der Waals surface area contributed by atoms with E-state index in [2.05, 4.69) is 51.2 Å². The molecule has 0 aliphatic carbocycles. The smallest absolute Gasteiger partial charge is 0.123 e. The van der Waals surface area contributed by atoms with Crippen LogP contribution < -0.4 is 10.1 Å². The van der Waals surface area contributed by atoms with Crippen LogP contribution in [0.4, 0.5) is 0 Å². The zero-order valence-electron chi connectivity index (χ0n) is 11.7. The number of para-hydroxylation sites is 1. The first-order valence-electron chi connectivity index (χ1n) is 6.46. The molecule has 0 spiro atoms. The number of ether oxygens (including phenoxy) is 1. The Labute approximate surface area is 105 Å². The van der Waals surface area contributed by atoms with Crippen molar-refractivity contribution in [1.82, 2.24) is 5.32 Å². The van der Waals surface area contributed by atoms with Crippen molar-refractivity contribution >= 4 is 0 Å². The first-order chi connectivity index (χ1) is 8.06. The molecule has 0 aromatic heterocycles. The number of hydrogen-bond acceptors (Lipinski definition) is 2. The van der Waals surface area contributed by atoms with Crippen molar-refractivity contribution < 1.29 is 4.74 Å². The van der Waals surface area contributed by atoms with Gasteiger partial charge in [-0.25, -0.2) is 0 Å². The second-order valence-corrected chi connectivity index (χ2v) is 5.15. The summed E-state index contributed by atoms with van der Waals surface area (Å²) in [7, 11) is 1.97. The summed E-state index contributed by atoms with van der Waals surface area (Å²) in [5, 5.41) is 3.19. The fourth-order valence-corrected chi connectivity index (χ4v) is 1.84. The van der Waals surface area contributed by atoms with Gasteiger partial charge in [0.05, 0.1) is 0 Å². The molecule has 2 heteroatoms. The van der Waals surface area contributed by atoms with Crippen LogP contribution in [0, 0.1) is 5.92 Å². The number of rotatable bonds is 6. The van der Waals surface area contributed by atoms with Gasteiger partial charge in [-0.05, 0) is 30.5 Å².